The minimum Gasteiger partial charge on any atom is -0.396 e. The lowest BCUT2D eigenvalue weighted by Gasteiger charge is -2.29. The van der Waals surface area contributed by atoms with Crippen LogP contribution in [0.15, 0.2) is 15.9 Å². The van der Waals surface area contributed by atoms with Crippen molar-refractivity contribution in [2.24, 2.45) is 11.1 Å². The molecule has 0 fully saturated rings. The standard InChI is InChI=1S/C11H18BrNOS/c1-2-4-11(7-13,8-14)6-10-9(12)3-5-15-10/h3,5,14H,2,4,6-8,13H2,1H3. The number of aliphatic hydroxyl groups is 1. The summed E-state index contributed by atoms with van der Waals surface area (Å²) in [5.41, 5.74) is 5.66. The third-order valence-electron chi connectivity index (χ3n) is 2.78. The lowest BCUT2D eigenvalue weighted by molar-refractivity contribution is 0.121. The molecule has 0 saturated heterocycles. The highest BCUT2D eigenvalue weighted by atomic mass is 79.9. The summed E-state index contributed by atoms with van der Waals surface area (Å²) in [5.74, 6) is 0. The van der Waals surface area contributed by atoms with E-state index in [9.17, 15) is 5.11 Å². The predicted octanol–water partition coefficient (Wildman–Crippen LogP) is 2.79. The van der Waals surface area contributed by atoms with Crippen molar-refractivity contribution in [1.82, 2.24) is 0 Å². The summed E-state index contributed by atoms with van der Waals surface area (Å²) < 4.78 is 1.13. The van der Waals surface area contributed by atoms with Crippen molar-refractivity contribution in [2.45, 2.75) is 26.2 Å². The van der Waals surface area contributed by atoms with E-state index in [0.717, 1.165) is 23.7 Å². The van der Waals surface area contributed by atoms with Crippen LogP contribution in [0.4, 0.5) is 0 Å². The van der Waals surface area contributed by atoms with Crippen molar-refractivity contribution >= 4 is 27.3 Å². The second-order valence-corrected chi connectivity index (χ2v) is 5.84. The summed E-state index contributed by atoms with van der Waals surface area (Å²) in [7, 11) is 0. The van der Waals surface area contributed by atoms with Gasteiger partial charge in [0.1, 0.15) is 0 Å². The molecule has 0 radical (unpaired) electrons. The van der Waals surface area contributed by atoms with Crippen molar-refractivity contribution in [3.8, 4) is 0 Å². The highest BCUT2D eigenvalue weighted by Crippen LogP contribution is 2.33. The zero-order valence-electron chi connectivity index (χ0n) is 9.00. The van der Waals surface area contributed by atoms with Gasteiger partial charge in [-0.25, -0.2) is 0 Å². The van der Waals surface area contributed by atoms with Crippen LogP contribution in [-0.4, -0.2) is 18.3 Å². The van der Waals surface area contributed by atoms with Crippen LogP contribution < -0.4 is 5.73 Å². The maximum Gasteiger partial charge on any atom is 0.0503 e. The van der Waals surface area contributed by atoms with Gasteiger partial charge in [0.05, 0.1) is 6.61 Å². The van der Waals surface area contributed by atoms with Crippen LogP contribution in [0.25, 0.3) is 0 Å². The highest BCUT2D eigenvalue weighted by Gasteiger charge is 2.28. The van der Waals surface area contributed by atoms with Gasteiger partial charge in [-0.15, -0.1) is 11.3 Å². The monoisotopic (exact) mass is 291 g/mol. The fourth-order valence-corrected chi connectivity index (χ4v) is 3.45. The van der Waals surface area contributed by atoms with E-state index in [4.69, 9.17) is 5.73 Å². The van der Waals surface area contributed by atoms with Crippen molar-refractivity contribution in [3.63, 3.8) is 0 Å². The van der Waals surface area contributed by atoms with Crippen molar-refractivity contribution in [1.29, 1.82) is 0 Å². The Balaban J connectivity index is 2.78. The first-order chi connectivity index (χ1) is 7.17. The van der Waals surface area contributed by atoms with Gasteiger partial charge in [0.2, 0.25) is 0 Å². The van der Waals surface area contributed by atoms with E-state index in [1.807, 2.05) is 6.07 Å². The Hall–Kier alpha value is 0.100. The van der Waals surface area contributed by atoms with Crippen molar-refractivity contribution in [3.05, 3.63) is 20.8 Å². The Morgan fingerprint density at radius 3 is 2.73 bits per heavy atom. The quantitative estimate of drug-likeness (QED) is 0.847. The molecule has 4 heteroatoms. The summed E-state index contributed by atoms with van der Waals surface area (Å²) in [4.78, 5) is 1.28. The normalized spacial score (nSPS) is 15.2. The lowest BCUT2D eigenvalue weighted by Crippen LogP contribution is -2.36. The van der Waals surface area contributed by atoms with Gasteiger partial charge in [-0.05, 0) is 40.2 Å². The van der Waals surface area contributed by atoms with Gasteiger partial charge in [-0.3, -0.25) is 0 Å². The summed E-state index contributed by atoms with van der Waals surface area (Å²) in [6.07, 6.45) is 2.90. The number of halogens is 1. The van der Waals surface area contributed by atoms with Gasteiger partial charge >= 0.3 is 0 Å². The molecule has 2 nitrogen and oxygen atoms in total. The first-order valence-corrected chi connectivity index (χ1v) is 6.87. The Labute approximate surface area is 104 Å². The van der Waals surface area contributed by atoms with Gasteiger partial charge in [0.15, 0.2) is 0 Å². The van der Waals surface area contributed by atoms with E-state index < -0.39 is 0 Å². The third-order valence-corrected chi connectivity index (χ3v) is 4.70. The van der Waals surface area contributed by atoms with Gasteiger partial charge in [-0.2, -0.15) is 0 Å². The Morgan fingerprint density at radius 2 is 2.33 bits per heavy atom. The molecule has 0 aromatic carbocycles. The van der Waals surface area contributed by atoms with Gasteiger partial charge in [-0.1, -0.05) is 13.3 Å². The minimum atomic E-state index is -0.137. The zero-order chi connectivity index (χ0) is 11.3. The Morgan fingerprint density at radius 1 is 1.60 bits per heavy atom. The topological polar surface area (TPSA) is 46.2 Å². The molecule has 1 rings (SSSR count). The lowest BCUT2D eigenvalue weighted by atomic mass is 9.80. The van der Waals surface area contributed by atoms with E-state index >= 15 is 0 Å². The van der Waals surface area contributed by atoms with E-state index in [0.29, 0.717) is 6.54 Å². The molecule has 1 atom stereocenters. The molecule has 86 valence electrons. The van der Waals surface area contributed by atoms with E-state index in [2.05, 4.69) is 28.2 Å². The largest absolute Gasteiger partial charge is 0.396 e. The molecule has 0 aliphatic heterocycles. The zero-order valence-corrected chi connectivity index (χ0v) is 11.4. The third kappa shape index (κ3) is 3.28. The number of thiophene rings is 1. The van der Waals surface area contributed by atoms with Crippen LogP contribution in [0.1, 0.15) is 24.6 Å². The van der Waals surface area contributed by atoms with Crippen molar-refractivity contribution in [2.75, 3.05) is 13.2 Å². The second kappa shape index (κ2) is 5.99. The molecule has 0 amide bonds. The molecule has 1 heterocycles. The molecular weight excluding hydrogens is 274 g/mol. The first kappa shape index (κ1) is 13.2. The second-order valence-electron chi connectivity index (χ2n) is 3.98. The average Bonchev–Trinajstić information content (AvgIpc) is 2.63. The SMILES string of the molecule is CCCC(CN)(CO)Cc1sccc1Br. The van der Waals surface area contributed by atoms with E-state index in [1.54, 1.807) is 11.3 Å². The van der Waals surface area contributed by atoms with Gasteiger partial charge in [0.25, 0.3) is 0 Å². The van der Waals surface area contributed by atoms with E-state index in [-0.39, 0.29) is 12.0 Å². The first-order valence-electron chi connectivity index (χ1n) is 5.20. The molecule has 0 bridgehead atoms. The molecule has 1 unspecified atom stereocenters. The molecule has 1 aromatic heterocycles. The van der Waals surface area contributed by atoms with Crippen LogP contribution in [0.3, 0.4) is 0 Å². The molecule has 0 spiro atoms. The molecule has 3 N–H and O–H groups in total. The number of aliphatic hydroxyl groups excluding tert-OH is 1. The molecule has 15 heavy (non-hydrogen) atoms. The Kier molecular flexibility index (Phi) is 5.26. The molecule has 1 aromatic rings. The highest BCUT2D eigenvalue weighted by molar-refractivity contribution is 9.10. The fraction of sp³-hybridized carbons (Fsp3) is 0.636. The molecule has 0 aliphatic carbocycles. The summed E-state index contributed by atoms with van der Waals surface area (Å²) >= 11 is 5.24. The van der Waals surface area contributed by atoms with Crippen molar-refractivity contribution < 1.29 is 5.11 Å². The van der Waals surface area contributed by atoms with Gasteiger partial charge < -0.3 is 10.8 Å². The summed E-state index contributed by atoms with van der Waals surface area (Å²) in [6, 6.07) is 2.05. The van der Waals surface area contributed by atoms with Gasteiger partial charge in [0, 0.05) is 21.3 Å². The predicted molar refractivity (Wildman–Crippen MR) is 69.2 cm³/mol. The van der Waals surface area contributed by atoms with Crippen LogP contribution in [0, 0.1) is 5.41 Å². The Bertz CT molecular complexity index is 297. The number of hydrogen-bond acceptors (Lipinski definition) is 3. The maximum atomic E-state index is 9.51. The molecule has 0 aliphatic rings. The fourth-order valence-electron chi connectivity index (χ4n) is 1.78. The summed E-state index contributed by atoms with van der Waals surface area (Å²) in [6.45, 7) is 2.84. The number of rotatable bonds is 6. The average molecular weight is 292 g/mol. The maximum absolute atomic E-state index is 9.51. The number of nitrogens with two attached hydrogens (primary N) is 1. The van der Waals surface area contributed by atoms with Crippen LogP contribution in [-0.2, 0) is 6.42 Å². The van der Waals surface area contributed by atoms with Crippen LogP contribution in [0.5, 0.6) is 0 Å². The van der Waals surface area contributed by atoms with E-state index in [1.165, 1.54) is 4.88 Å². The smallest absolute Gasteiger partial charge is 0.0503 e. The molecular formula is C11H18BrNOS. The molecule has 0 saturated carbocycles. The van der Waals surface area contributed by atoms with Crippen LogP contribution in [0.2, 0.25) is 0 Å². The number of hydrogen-bond donors (Lipinski definition) is 2. The van der Waals surface area contributed by atoms with Crippen LogP contribution >= 0.6 is 27.3 Å². The summed E-state index contributed by atoms with van der Waals surface area (Å²) in [5, 5.41) is 11.6. The minimum absolute atomic E-state index is 0.137.